The molecule has 2 aliphatic rings. The fraction of sp³-hybridized carbons (Fsp3) is 0.643. The Labute approximate surface area is 129 Å². The first-order valence-corrected chi connectivity index (χ1v) is 7.42. The first-order chi connectivity index (χ1) is 10.6. The first kappa shape index (κ1) is 15.0. The number of anilines is 1. The maximum Gasteiger partial charge on any atom is 0.246 e. The van der Waals surface area contributed by atoms with Crippen molar-refractivity contribution in [3.8, 4) is 0 Å². The number of carbonyl (C=O) groups excluding carboxylic acids is 2. The zero-order valence-electron chi connectivity index (χ0n) is 12.9. The molecule has 2 fully saturated rings. The van der Waals surface area contributed by atoms with Crippen LogP contribution in [0.25, 0.3) is 0 Å². The van der Waals surface area contributed by atoms with Crippen LogP contribution in [0, 0.1) is 0 Å². The minimum atomic E-state index is -0.248. The average molecular weight is 307 g/mol. The molecule has 0 radical (unpaired) electrons. The maximum atomic E-state index is 12.5. The predicted octanol–water partition coefficient (Wildman–Crippen LogP) is -1.03. The van der Waals surface area contributed by atoms with E-state index in [0.29, 0.717) is 26.1 Å². The van der Waals surface area contributed by atoms with Crippen molar-refractivity contribution in [1.82, 2.24) is 20.0 Å². The van der Waals surface area contributed by atoms with Crippen molar-refractivity contribution in [3.63, 3.8) is 0 Å². The molecule has 0 aliphatic carbocycles. The number of nitrogens with one attached hydrogen (secondary N) is 1. The van der Waals surface area contributed by atoms with E-state index >= 15 is 0 Å². The van der Waals surface area contributed by atoms with Crippen molar-refractivity contribution in [1.29, 1.82) is 0 Å². The molecule has 2 aliphatic heterocycles. The molecule has 0 unspecified atom stereocenters. The summed E-state index contributed by atoms with van der Waals surface area (Å²) >= 11 is 0. The van der Waals surface area contributed by atoms with E-state index in [1.54, 1.807) is 34.0 Å². The molecule has 0 saturated carbocycles. The van der Waals surface area contributed by atoms with E-state index in [1.165, 1.54) is 0 Å². The molecule has 120 valence electrons. The summed E-state index contributed by atoms with van der Waals surface area (Å²) in [5, 5.41) is 7.24. The standard InChI is InChI=1S/C14H21N5O3/c1-17-8-10(6-16-17)19-4-3-18(9-13(19)20)14(21)12-5-11(22-2)7-15-12/h6,8,11-12,15H,3-5,7,9H2,1-2H3/t11-,12-/m0/s1. The summed E-state index contributed by atoms with van der Waals surface area (Å²) in [7, 11) is 3.46. The third kappa shape index (κ3) is 2.84. The molecule has 1 aromatic rings. The molecular formula is C14H21N5O3. The molecule has 8 heteroatoms. The van der Waals surface area contributed by atoms with Crippen molar-refractivity contribution < 1.29 is 14.3 Å². The second-order valence-corrected chi connectivity index (χ2v) is 5.73. The fourth-order valence-electron chi connectivity index (χ4n) is 2.97. The van der Waals surface area contributed by atoms with Crippen LogP contribution < -0.4 is 10.2 Å². The summed E-state index contributed by atoms with van der Waals surface area (Å²) in [6.45, 7) is 1.83. The Kier molecular flexibility index (Phi) is 4.12. The second kappa shape index (κ2) is 6.05. The van der Waals surface area contributed by atoms with Gasteiger partial charge in [-0.3, -0.25) is 14.3 Å². The Morgan fingerprint density at radius 1 is 1.45 bits per heavy atom. The topological polar surface area (TPSA) is 79.7 Å². The van der Waals surface area contributed by atoms with E-state index in [0.717, 1.165) is 5.69 Å². The van der Waals surface area contributed by atoms with Gasteiger partial charge in [0.25, 0.3) is 0 Å². The van der Waals surface area contributed by atoms with Gasteiger partial charge >= 0.3 is 0 Å². The summed E-state index contributed by atoms with van der Waals surface area (Å²) in [6.07, 6.45) is 4.20. The highest BCUT2D eigenvalue weighted by atomic mass is 16.5. The second-order valence-electron chi connectivity index (χ2n) is 5.73. The Hall–Kier alpha value is -1.93. The van der Waals surface area contributed by atoms with Gasteiger partial charge < -0.3 is 19.9 Å². The molecule has 2 atom stereocenters. The summed E-state index contributed by atoms with van der Waals surface area (Å²) in [5.41, 5.74) is 0.776. The number of piperazine rings is 1. The number of aryl methyl sites for hydroxylation is 1. The lowest BCUT2D eigenvalue weighted by Gasteiger charge is -2.34. The molecule has 22 heavy (non-hydrogen) atoms. The Balaban J connectivity index is 1.60. The maximum absolute atomic E-state index is 12.5. The van der Waals surface area contributed by atoms with Crippen LogP contribution >= 0.6 is 0 Å². The van der Waals surface area contributed by atoms with E-state index in [1.807, 2.05) is 7.05 Å². The molecule has 2 saturated heterocycles. The number of aromatic nitrogens is 2. The smallest absolute Gasteiger partial charge is 0.246 e. The zero-order valence-corrected chi connectivity index (χ0v) is 12.9. The van der Waals surface area contributed by atoms with Crippen LogP contribution in [0.2, 0.25) is 0 Å². The normalized spacial score (nSPS) is 25.8. The molecule has 3 heterocycles. The van der Waals surface area contributed by atoms with E-state index in [-0.39, 0.29) is 30.5 Å². The number of carbonyl (C=O) groups is 2. The number of methoxy groups -OCH3 is 1. The minimum Gasteiger partial charge on any atom is -0.380 e. The van der Waals surface area contributed by atoms with Crippen molar-refractivity contribution in [2.45, 2.75) is 18.6 Å². The quantitative estimate of drug-likeness (QED) is 0.772. The van der Waals surface area contributed by atoms with Crippen LogP contribution in [0.3, 0.4) is 0 Å². The van der Waals surface area contributed by atoms with E-state index in [2.05, 4.69) is 10.4 Å². The molecule has 8 nitrogen and oxygen atoms in total. The molecule has 1 aromatic heterocycles. The number of rotatable bonds is 3. The van der Waals surface area contributed by atoms with Gasteiger partial charge in [0.15, 0.2) is 0 Å². The number of hydrogen-bond donors (Lipinski definition) is 1. The Morgan fingerprint density at radius 3 is 2.86 bits per heavy atom. The van der Waals surface area contributed by atoms with Crippen molar-refractivity contribution in [2.24, 2.45) is 7.05 Å². The molecule has 2 amide bonds. The van der Waals surface area contributed by atoms with Gasteiger partial charge in [0.1, 0.15) is 6.54 Å². The van der Waals surface area contributed by atoms with E-state index in [4.69, 9.17) is 4.74 Å². The number of nitrogens with zero attached hydrogens (tertiary/aromatic N) is 4. The van der Waals surface area contributed by atoms with Crippen molar-refractivity contribution >= 4 is 17.5 Å². The van der Waals surface area contributed by atoms with Crippen LogP contribution in [0.4, 0.5) is 5.69 Å². The van der Waals surface area contributed by atoms with Crippen LogP contribution in [0.5, 0.6) is 0 Å². The lowest BCUT2D eigenvalue weighted by atomic mass is 10.1. The van der Waals surface area contributed by atoms with Gasteiger partial charge in [-0.1, -0.05) is 0 Å². The predicted molar refractivity (Wildman–Crippen MR) is 79.3 cm³/mol. The lowest BCUT2D eigenvalue weighted by molar-refractivity contribution is -0.138. The fourth-order valence-corrected chi connectivity index (χ4v) is 2.97. The first-order valence-electron chi connectivity index (χ1n) is 7.42. The third-order valence-electron chi connectivity index (χ3n) is 4.26. The number of hydrogen-bond acceptors (Lipinski definition) is 5. The highest BCUT2D eigenvalue weighted by molar-refractivity contribution is 5.98. The largest absolute Gasteiger partial charge is 0.380 e. The van der Waals surface area contributed by atoms with Crippen LogP contribution in [0.15, 0.2) is 12.4 Å². The van der Waals surface area contributed by atoms with Gasteiger partial charge in [-0.2, -0.15) is 5.10 Å². The molecular weight excluding hydrogens is 286 g/mol. The molecule has 1 N–H and O–H groups in total. The lowest BCUT2D eigenvalue weighted by Crippen LogP contribution is -2.55. The van der Waals surface area contributed by atoms with Crippen LogP contribution in [0.1, 0.15) is 6.42 Å². The molecule has 0 spiro atoms. The highest BCUT2D eigenvalue weighted by Gasteiger charge is 2.35. The number of ether oxygens (including phenoxy) is 1. The highest BCUT2D eigenvalue weighted by Crippen LogP contribution is 2.18. The molecule has 0 bridgehead atoms. The number of amides is 2. The summed E-state index contributed by atoms with van der Waals surface area (Å²) in [4.78, 5) is 28.1. The zero-order chi connectivity index (χ0) is 15.7. The molecule has 0 aromatic carbocycles. The van der Waals surface area contributed by atoms with Gasteiger partial charge in [0.05, 0.1) is 24.0 Å². The van der Waals surface area contributed by atoms with Gasteiger partial charge in [-0.15, -0.1) is 0 Å². The van der Waals surface area contributed by atoms with E-state index in [9.17, 15) is 9.59 Å². The van der Waals surface area contributed by atoms with Crippen molar-refractivity contribution in [2.75, 3.05) is 38.2 Å². The molecule has 3 rings (SSSR count). The van der Waals surface area contributed by atoms with Gasteiger partial charge in [-0.05, 0) is 6.42 Å². The van der Waals surface area contributed by atoms with Gasteiger partial charge in [0, 0.05) is 40.0 Å². The van der Waals surface area contributed by atoms with Crippen molar-refractivity contribution in [3.05, 3.63) is 12.4 Å². The van der Waals surface area contributed by atoms with E-state index < -0.39 is 0 Å². The monoisotopic (exact) mass is 307 g/mol. The third-order valence-corrected chi connectivity index (χ3v) is 4.26. The Bertz CT molecular complexity index is 573. The van der Waals surface area contributed by atoms with Crippen LogP contribution in [-0.2, 0) is 21.4 Å². The Morgan fingerprint density at radius 2 is 2.27 bits per heavy atom. The minimum absolute atomic E-state index is 0.0151. The SMILES string of the molecule is CO[C@@H]1CN[C@H](C(=O)N2CCN(c3cnn(C)c3)C(=O)C2)C1. The summed E-state index contributed by atoms with van der Waals surface area (Å²) in [5.74, 6) is -0.0902. The van der Waals surface area contributed by atoms with Gasteiger partial charge in [0.2, 0.25) is 11.8 Å². The average Bonchev–Trinajstić information content (AvgIpc) is 3.15. The van der Waals surface area contributed by atoms with Gasteiger partial charge in [-0.25, -0.2) is 0 Å². The van der Waals surface area contributed by atoms with Crippen LogP contribution in [-0.4, -0.2) is 71.9 Å². The summed E-state index contributed by atoms with van der Waals surface area (Å²) in [6, 6.07) is -0.248. The summed E-state index contributed by atoms with van der Waals surface area (Å²) < 4.78 is 6.92.